The third-order valence-electron chi connectivity index (χ3n) is 3.42. The minimum atomic E-state index is -0.435. The molecule has 1 atom stereocenters. The Kier molecular flexibility index (Phi) is 5.00. The molecular weight excluding hydrogens is 238 g/mol. The van der Waals surface area contributed by atoms with Crippen LogP contribution >= 0.6 is 0 Å². The van der Waals surface area contributed by atoms with Gasteiger partial charge in [-0.15, -0.1) is 0 Å². The van der Waals surface area contributed by atoms with Crippen molar-refractivity contribution < 1.29 is 9.84 Å². The third-order valence-corrected chi connectivity index (χ3v) is 3.42. The lowest BCUT2D eigenvalue weighted by molar-refractivity contribution is 0.0360. The van der Waals surface area contributed by atoms with E-state index in [0.29, 0.717) is 13.0 Å². The fourth-order valence-corrected chi connectivity index (χ4v) is 2.36. The summed E-state index contributed by atoms with van der Waals surface area (Å²) in [6.45, 7) is 5.34. The lowest BCUT2D eigenvalue weighted by Gasteiger charge is -2.11. The number of nitrogens with one attached hydrogen (secondary N) is 1. The third kappa shape index (κ3) is 3.58. The Morgan fingerprint density at radius 2 is 2.11 bits per heavy atom. The number of fused-ring (bicyclic) bond motifs is 1. The summed E-state index contributed by atoms with van der Waals surface area (Å²) >= 11 is 0. The Labute approximate surface area is 114 Å². The van der Waals surface area contributed by atoms with Gasteiger partial charge < -0.3 is 14.8 Å². The number of aliphatic hydroxyl groups is 1. The maximum absolute atomic E-state index is 10.1. The first-order valence-electron chi connectivity index (χ1n) is 7.04. The van der Waals surface area contributed by atoms with Crippen LogP contribution in [-0.2, 0) is 11.2 Å². The van der Waals surface area contributed by atoms with Crippen LogP contribution < -0.4 is 0 Å². The molecule has 2 rings (SSSR count). The van der Waals surface area contributed by atoms with Crippen LogP contribution in [0.4, 0.5) is 0 Å². The number of ether oxygens (including phenoxy) is 1. The van der Waals surface area contributed by atoms with Gasteiger partial charge >= 0.3 is 0 Å². The molecule has 0 saturated carbocycles. The maximum Gasteiger partial charge on any atom is 0.0814 e. The van der Waals surface area contributed by atoms with Gasteiger partial charge in [-0.05, 0) is 25.0 Å². The molecule has 1 aromatic heterocycles. The number of H-pyrrole nitrogens is 1. The highest BCUT2D eigenvalue weighted by atomic mass is 16.5. The molecule has 2 aromatic rings. The average molecular weight is 261 g/mol. The highest BCUT2D eigenvalue weighted by Gasteiger charge is 2.12. The summed E-state index contributed by atoms with van der Waals surface area (Å²) in [5.74, 6) is 0. The van der Waals surface area contributed by atoms with E-state index in [-0.39, 0.29) is 0 Å². The van der Waals surface area contributed by atoms with E-state index in [1.54, 1.807) is 0 Å². The fraction of sp³-hybridized carbons (Fsp3) is 0.500. The number of unbranched alkanes of at least 4 members (excludes halogenated alkanes) is 1. The van der Waals surface area contributed by atoms with Crippen molar-refractivity contribution in [2.75, 3.05) is 13.2 Å². The van der Waals surface area contributed by atoms with Crippen molar-refractivity contribution in [1.82, 2.24) is 4.98 Å². The second-order valence-electron chi connectivity index (χ2n) is 5.06. The maximum atomic E-state index is 10.1. The van der Waals surface area contributed by atoms with E-state index in [9.17, 15) is 5.11 Å². The van der Waals surface area contributed by atoms with E-state index in [2.05, 4.69) is 31.0 Å². The summed E-state index contributed by atoms with van der Waals surface area (Å²) in [6, 6.07) is 8.21. The zero-order valence-corrected chi connectivity index (χ0v) is 11.8. The monoisotopic (exact) mass is 261 g/mol. The van der Waals surface area contributed by atoms with Crippen LogP contribution in [0, 0.1) is 6.92 Å². The van der Waals surface area contributed by atoms with E-state index >= 15 is 0 Å². The van der Waals surface area contributed by atoms with Crippen LogP contribution in [0.1, 0.15) is 31.0 Å². The van der Waals surface area contributed by atoms with Crippen LogP contribution in [0.3, 0.4) is 0 Å². The highest BCUT2D eigenvalue weighted by molar-refractivity contribution is 5.84. The Balaban J connectivity index is 1.98. The van der Waals surface area contributed by atoms with Gasteiger partial charge in [0.05, 0.1) is 12.7 Å². The summed E-state index contributed by atoms with van der Waals surface area (Å²) in [6.07, 6.45) is 2.38. The number of hydrogen-bond acceptors (Lipinski definition) is 2. The summed E-state index contributed by atoms with van der Waals surface area (Å²) in [5, 5.41) is 11.3. The SMILES string of the molecule is CCCCOCC(O)Cc1c(C)[nH]c2ccccc12. The van der Waals surface area contributed by atoms with E-state index in [1.165, 1.54) is 10.9 Å². The zero-order valence-electron chi connectivity index (χ0n) is 11.8. The number of aryl methyl sites for hydroxylation is 1. The first-order chi connectivity index (χ1) is 9.22. The second kappa shape index (κ2) is 6.73. The lowest BCUT2D eigenvalue weighted by Crippen LogP contribution is -2.18. The number of para-hydroxylation sites is 1. The van der Waals surface area contributed by atoms with Crippen molar-refractivity contribution in [2.24, 2.45) is 0 Å². The number of aliphatic hydroxyl groups excluding tert-OH is 1. The van der Waals surface area contributed by atoms with Crippen molar-refractivity contribution in [3.8, 4) is 0 Å². The smallest absolute Gasteiger partial charge is 0.0814 e. The fourth-order valence-electron chi connectivity index (χ4n) is 2.36. The molecule has 0 spiro atoms. The standard InChI is InChI=1S/C16H23NO2/c1-3-4-9-19-11-13(18)10-15-12(2)17-16-8-6-5-7-14(15)16/h5-8,13,17-18H,3-4,9-11H2,1-2H3. The van der Waals surface area contributed by atoms with Gasteiger partial charge in [0.25, 0.3) is 0 Å². The lowest BCUT2D eigenvalue weighted by atomic mass is 10.0. The Morgan fingerprint density at radius 1 is 1.32 bits per heavy atom. The second-order valence-corrected chi connectivity index (χ2v) is 5.06. The summed E-state index contributed by atoms with van der Waals surface area (Å²) < 4.78 is 5.48. The van der Waals surface area contributed by atoms with Crippen LogP contribution in [0.2, 0.25) is 0 Å². The minimum Gasteiger partial charge on any atom is -0.390 e. The molecule has 104 valence electrons. The normalized spacial score (nSPS) is 13.0. The number of aromatic amines is 1. The molecule has 1 heterocycles. The predicted molar refractivity (Wildman–Crippen MR) is 78.5 cm³/mol. The molecule has 0 aliphatic rings. The van der Waals surface area contributed by atoms with Gasteiger partial charge in [-0.25, -0.2) is 0 Å². The van der Waals surface area contributed by atoms with Crippen molar-refractivity contribution in [3.63, 3.8) is 0 Å². The summed E-state index contributed by atoms with van der Waals surface area (Å²) in [5.41, 5.74) is 3.46. The molecule has 3 nitrogen and oxygen atoms in total. The van der Waals surface area contributed by atoms with Crippen LogP contribution in [0.5, 0.6) is 0 Å². The number of benzene rings is 1. The zero-order chi connectivity index (χ0) is 13.7. The molecule has 1 unspecified atom stereocenters. The minimum absolute atomic E-state index is 0.416. The van der Waals surface area contributed by atoms with Crippen molar-refractivity contribution in [2.45, 2.75) is 39.2 Å². The van der Waals surface area contributed by atoms with Crippen LogP contribution in [0.15, 0.2) is 24.3 Å². The van der Waals surface area contributed by atoms with Gasteiger partial charge in [0.1, 0.15) is 0 Å². The van der Waals surface area contributed by atoms with Crippen molar-refractivity contribution >= 4 is 10.9 Å². The Hall–Kier alpha value is -1.32. The largest absolute Gasteiger partial charge is 0.390 e. The molecule has 2 N–H and O–H groups in total. The van der Waals surface area contributed by atoms with E-state index in [1.807, 2.05) is 12.1 Å². The quantitative estimate of drug-likeness (QED) is 0.752. The topological polar surface area (TPSA) is 45.2 Å². The van der Waals surface area contributed by atoms with E-state index in [4.69, 9.17) is 4.74 Å². The molecular formula is C16H23NO2. The summed E-state index contributed by atoms with van der Waals surface area (Å²) in [4.78, 5) is 3.36. The van der Waals surface area contributed by atoms with Gasteiger partial charge in [-0.1, -0.05) is 31.5 Å². The number of rotatable bonds is 7. The first-order valence-corrected chi connectivity index (χ1v) is 7.04. The molecule has 0 amide bonds. The molecule has 0 aliphatic heterocycles. The molecule has 19 heavy (non-hydrogen) atoms. The van der Waals surface area contributed by atoms with Gasteiger partial charge in [-0.2, -0.15) is 0 Å². The highest BCUT2D eigenvalue weighted by Crippen LogP contribution is 2.23. The van der Waals surface area contributed by atoms with Crippen LogP contribution in [-0.4, -0.2) is 29.4 Å². The average Bonchev–Trinajstić information content (AvgIpc) is 2.72. The molecule has 0 aliphatic carbocycles. The first kappa shape index (κ1) is 14.1. The Bertz CT molecular complexity index is 518. The van der Waals surface area contributed by atoms with Gasteiger partial charge in [0.2, 0.25) is 0 Å². The number of aromatic nitrogens is 1. The predicted octanol–water partition coefficient (Wildman–Crippen LogP) is 3.20. The molecule has 0 bridgehead atoms. The molecule has 0 saturated heterocycles. The van der Waals surface area contributed by atoms with Gasteiger partial charge in [0, 0.05) is 29.6 Å². The van der Waals surface area contributed by atoms with Gasteiger partial charge in [-0.3, -0.25) is 0 Å². The van der Waals surface area contributed by atoms with Crippen molar-refractivity contribution in [1.29, 1.82) is 0 Å². The van der Waals surface area contributed by atoms with E-state index < -0.39 is 6.10 Å². The van der Waals surface area contributed by atoms with Crippen LogP contribution in [0.25, 0.3) is 10.9 Å². The number of hydrogen-bond donors (Lipinski definition) is 2. The molecule has 0 radical (unpaired) electrons. The van der Waals surface area contributed by atoms with E-state index in [0.717, 1.165) is 30.7 Å². The van der Waals surface area contributed by atoms with Gasteiger partial charge in [0.15, 0.2) is 0 Å². The Morgan fingerprint density at radius 3 is 2.89 bits per heavy atom. The molecule has 3 heteroatoms. The molecule has 0 fully saturated rings. The van der Waals surface area contributed by atoms with Crippen molar-refractivity contribution in [3.05, 3.63) is 35.5 Å². The molecule has 1 aromatic carbocycles. The summed E-state index contributed by atoms with van der Waals surface area (Å²) in [7, 11) is 0.